The molecule has 0 atom stereocenters. The maximum Gasteiger partial charge on any atom is 0.360 e. The van der Waals surface area contributed by atoms with Gasteiger partial charge in [0.2, 0.25) is 5.82 Å². The third-order valence-electron chi connectivity index (χ3n) is 4.53. The molecule has 0 aliphatic carbocycles. The summed E-state index contributed by atoms with van der Waals surface area (Å²) in [5, 5.41) is 8.73. The molecule has 9 nitrogen and oxygen atoms in total. The van der Waals surface area contributed by atoms with E-state index in [0.29, 0.717) is 16.3 Å². The van der Waals surface area contributed by atoms with Crippen LogP contribution >= 0.6 is 27.5 Å². The number of aromatic nitrogens is 4. The van der Waals surface area contributed by atoms with Crippen molar-refractivity contribution >= 4 is 43.3 Å². The van der Waals surface area contributed by atoms with E-state index in [9.17, 15) is 13.2 Å². The number of halogens is 2. The van der Waals surface area contributed by atoms with Gasteiger partial charge in [-0.15, -0.1) is 0 Å². The Hall–Kier alpha value is -3.02. The summed E-state index contributed by atoms with van der Waals surface area (Å²) in [5.74, 6) is -0.450. The summed E-state index contributed by atoms with van der Waals surface area (Å²) in [6.45, 7) is 1.85. The fraction of sp³-hybridized carbons (Fsp3) is 0.143. The van der Waals surface area contributed by atoms with Gasteiger partial charge in [-0.1, -0.05) is 41.0 Å². The fourth-order valence-corrected chi connectivity index (χ4v) is 4.48. The molecule has 0 aliphatic rings. The first-order valence-corrected chi connectivity index (χ1v) is 12.6. The molecule has 0 aliphatic heterocycles. The van der Waals surface area contributed by atoms with E-state index in [-0.39, 0.29) is 39.1 Å². The molecule has 2 aromatic carbocycles. The Balaban J connectivity index is 1.87. The van der Waals surface area contributed by atoms with E-state index in [1.807, 2.05) is 0 Å². The van der Waals surface area contributed by atoms with Crippen LogP contribution in [-0.4, -0.2) is 47.2 Å². The SMILES string of the molecule is CCOC(=O)c1nn(-c2ccccc2Cl)c(-c2nc(-c3cccc(S(C)(=O)=O)c3)no2)c1Br. The first-order chi connectivity index (χ1) is 15.7. The van der Waals surface area contributed by atoms with Crippen molar-refractivity contribution < 1.29 is 22.5 Å². The van der Waals surface area contributed by atoms with Crippen molar-refractivity contribution in [2.75, 3.05) is 12.9 Å². The second-order valence-electron chi connectivity index (χ2n) is 6.82. The minimum Gasteiger partial charge on any atom is -0.461 e. The summed E-state index contributed by atoms with van der Waals surface area (Å²) < 4.78 is 36.1. The van der Waals surface area contributed by atoms with Crippen molar-refractivity contribution in [3.05, 3.63) is 63.7 Å². The van der Waals surface area contributed by atoms with Crippen molar-refractivity contribution in [2.45, 2.75) is 11.8 Å². The fourth-order valence-electron chi connectivity index (χ4n) is 3.01. The van der Waals surface area contributed by atoms with Gasteiger partial charge in [0.1, 0.15) is 5.69 Å². The van der Waals surface area contributed by atoms with Crippen molar-refractivity contribution in [1.29, 1.82) is 0 Å². The Morgan fingerprint density at radius 2 is 1.97 bits per heavy atom. The van der Waals surface area contributed by atoms with Gasteiger partial charge in [-0.05, 0) is 47.1 Å². The molecule has 0 unspecified atom stereocenters. The number of sulfone groups is 1. The molecule has 4 aromatic rings. The Morgan fingerprint density at radius 3 is 2.67 bits per heavy atom. The van der Waals surface area contributed by atoms with Crippen molar-refractivity contribution in [1.82, 2.24) is 19.9 Å². The predicted octanol–water partition coefficient (Wildman–Crippen LogP) is 4.59. The summed E-state index contributed by atoms with van der Waals surface area (Å²) in [4.78, 5) is 17.0. The van der Waals surface area contributed by atoms with Crippen LogP contribution < -0.4 is 0 Å². The third-order valence-corrected chi connectivity index (χ3v) is 6.71. The molecule has 0 spiro atoms. The lowest BCUT2D eigenvalue weighted by Crippen LogP contribution is -2.07. The van der Waals surface area contributed by atoms with Crippen LogP contribution in [0.1, 0.15) is 17.4 Å². The van der Waals surface area contributed by atoms with E-state index < -0.39 is 15.8 Å². The number of nitrogens with zero attached hydrogens (tertiary/aromatic N) is 4. The Kier molecular flexibility index (Phi) is 6.37. The van der Waals surface area contributed by atoms with Gasteiger partial charge in [0, 0.05) is 11.8 Å². The highest BCUT2D eigenvalue weighted by Crippen LogP contribution is 2.35. The Morgan fingerprint density at radius 1 is 1.21 bits per heavy atom. The largest absolute Gasteiger partial charge is 0.461 e. The van der Waals surface area contributed by atoms with Gasteiger partial charge in [0.05, 0.1) is 26.7 Å². The molecule has 0 N–H and O–H groups in total. The minimum absolute atomic E-state index is 0.00518. The van der Waals surface area contributed by atoms with E-state index in [2.05, 4.69) is 31.2 Å². The number of ether oxygens (including phenoxy) is 1. The number of rotatable bonds is 6. The van der Waals surface area contributed by atoms with Crippen LogP contribution in [0.3, 0.4) is 0 Å². The third kappa shape index (κ3) is 4.56. The molecule has 170 valence electrons. The van der Waals surface area contributed by atoms with Gasteiger partial charge in [-0.25, -0.2) is 17.9 Å². The van der Waals surface area contributed by atoms with Crippen LogP contribution in [-0.2, 0) is 14.6 Å². The van der Waals surface area contributed by atoms with Gasteiger partial charge in [-0.2, -0.15) is 10.1 Å². The van der Waals surface area contributed by atoms with Crippen LogP contribution in [0.4, 0.5) is 0 Å². The van der Waals surface area contributed by atoms with Crippen molar-refractivity contribution in [2.24, 2.45) is 0 Å². The zero-order valence-electron chi connectivity index (χ0n) is 17.3. The van der Waals surface area contributed by atoms with E-state index in [4.69, 9.17) is 20.9 Å². The van der Waals surface area contributed by atoms with Crippen LogP contribution in [0.25, 0.3) is 28.7 Å². The average Bonchev–Trinajstić information content (AvgIpc) is 3.38. The zero-order chi connectivity index (χ0) is 23.8. The molecule has 2 heterocycles. The van der Waals surface area contributed by atoms with Crippen LogP contribution in [0.5, 0.6) is 0 Å². The quantitative estimate of drug-likeness (QED) is 0.320. The maximum absolute atomic E-state index is 12.5. The van der Waals surface area contributed by atoms with E-state index in [1.54, 1.807) is 43.3 Å². The highest BCUT2D eigenvalue weighted by molar-refractivity contribution is 9.10. The number of hydrogen-bond donors (Lipinski definition) is 0. The molecular formula is C21H16BrClN4O5S. The summed E-state index contributed by atoms with van der Waals surface area (Å²) >= 11 is 9.77. The predicted molar refractivity (Wildman–Crippen MR) is 124 cm³/mol. The van der Waals surface area contributed by atoms with Gasteiger partial charge >= 0.3 is 5.97 Å². The lowest BCUT2D eigenvalue weighted by atomic mass is 10.2. The summed E-state index contributed by atoms with van der Waals surface area (Å²) in [6, 6.07) is 13.1. The lowest BCUT2D eigenvalue weighted by molar-refractivity contribution is 0.0518. The van der Waals surface area contributed by atoms with E-state index in [0.717, 1.165) is 6.26 Å². The molecule has 2 aromatic heterocycles. The first-order valence-electron chi connectivity index (χ1n) is 9.55. The summed E-state index contributed by atoms with van der Waals surface area (Å²) in [5.41, 5.74) is 1.21. The Labute approximate surface area is 202 Å². The van der Waals surface area contributed by atoms with Crippen LogP contribution in [0, 0.1) is 0 Å². The molecular weight excluding hydrogens is 536 g/mol. The summed E-state index contributed by atoms with van der Waals surface area (Å²) in [7, 11) is -3.42. The van der Waals surface area contributed by atoms with Crippen molar-refractivity contribution in [3.8, 4) is 28.7 Å². The molecule has 12 heteroatoms. The zero-order valence-corrected chi connectivity index (χ0v) is 20.5. The van der Waals surface area contributed by atoms with Gasteiger partial charge in [-0.3, -0.25) is 0 Å². The second kappa shape index (κ2) is 9.08. The molecule has 0 saturated heterocycles. The van der Waals surface area contributed by atoms with Crippen LogP contribution in [0.2, 0.25) is 5.02 Å². The molecule has 0 fully saturated rings. The molecule has 4 rings (SSSR count). The van der Waals surface area contributed by atoms with E-state index >= 15 is 0 Å². The number of carbonyl (C=O) groups is 1. The van der Waals surface area contributed by atoms with Crippen LogP contribution in [0.15, 0.2) is 62.4 Å². The molecule has 0 amide bonds. The maximum atomic E-state index is 12.5. The van der Waals surface area contributed by atoms with Crippen molar-refractivity contribution in [3.63, 3.8) is 0 Å². The van der Waals surface area contributed by atoms with Gasteiger partial charge < -0.3 is 9.26 Å². The van der Waals surface area contributed by atoms with Gasteiger partial charge in [0.15, 0.2) is 15.5 Å². The highest BCUT2D eigenvalue weighted by Gasteiger charge is 2.28. The number of benzene rings is 2. The lowest BCUT2D eigenvalue weighted by Gasteiger charge is -2.06. The molecule has 0 radical (unpaired) electrons. The Bertz CT molecular complexity index is 1470. The number of para-hydroxylation sites is 1. The second-order valence-corrected chi connectivity index (χ2v) is 10.0. The smallest absolute Gasteiger partial charge is 0.360 e. The molecule has 33 heavy (non-hydrogen) atoms. The number of esters is 1. The standard InChI is InChI=1S/C21H16BrClN4O5S/c1-3-31-21(28)17-16(22)18(27(25-17)15-10-5-4-9-14(15)23)20-24-19(26-32-20)12-7-6-8-13(11-12)33(2,29)30/h4-11H,3H2,1-2H3. The first kappa shape index (κ1) is 23.1. The molecule has 0 bridgehead atoms. The monoisotopic (exact) mass is 550 g/mol. The topological polar surface area (TPSA) is 117 Å². The normalized spacial score (nSPS) is 11.5. The average molecular weight is 552 g/mol. The molecule has 0 saturated carbocycles. The number of carbonyl (C=O) groups excluding carboxylic acids is 1. The minimum atomic E-state index is -3.42. The van der Waals surface area contributed by atoms with Gasteiger partial charge in [0.25, 0.3) is 5.89 Å². The number of hydrogen-bond acceptors (Lipinski definition) is 8. The van der Waals surface area contributed by atoms with E-state index in [1.165, 1.54) is 16.8 Å². The highest BCUT2D eigenvalue weighted by atomic mass is 79.9. The summed E-state index contributed by atoms with van der Waals surface area (Å²) in [6.07, 6.45) is 1.12.